The monoisotopic (exact) mass is 402 g/mol. The Balaban J connectivity index is 0.00000280. The van der Waals surface area contributed by atoms with Crippen molar-refractivity contribution in [3.63, 3.8) is 0 Å². The highest BCUT2D eigenvalue weighted by Crippen LogP contribution is 2.24. The molecular weight excluding hydrogens is 372 g/mol. The highest BCUT2D eigenvalue weighted by molar-refractivity contribution is 5.85. The van der Waals surface area contributed by atoms with Crippen LogP contribution in [0.4, 0.5) is 0 Å². The molecule has 3 rings (SSSR count). The van der Waals surface area contributed by atoms with Gasteiger partial charge in [-0.25, -0.2) is 0 Å². The zero-order chi connectivity index (χ0) is 19.1. The molecule has 1 fully saturated rings. The molecule has 1 aliphatic heterocycles. The minimum atomic E-state index is 0. The van der Waals surface area contributed by atoms with E-state index < -0.39 is 0 Å². The van der Waals surface area contributed by atoms with Gasteiger partial charge < -0.3 is 15.0 Å². The van der Waals surface area contributed by atoms with Crippen LogP contribution in [0.25, 0.3) is 0 Å². The predicted molar refractivity (Wildman–Crippen MR) is 116 cm³/mol. The maximum absolute atomic E-state index is 13.4. The second-order valence-electron chi connectivity index (χ2n) is 7.34. The Morgan fingerprint density at radius 3 is 2.43 bits per heavy atom. The molecule has 1 atom stereocenters. The van der Waals surface area contributed by atoms with Gasteiger partial charge in [-0.1, -0.05) is 48.5 Å². The number of piperidine rings is 1. The fourth-order valence-electron chi connectivity index (χ4n) is 3.83. The van der Waals surface area contributed by atoms with Gasteiger partial charge in [0.2, 0.25) is 5.91 Å². The SMILES string of the molecule is COc1ccccc1CC(C)N(Cc1ccccc1)C(=O)C1CCNCC1.Cl. The third-order valence-electron chi connectivity index (χ3n) is 5.41. The highest BCUT2D eigenvalue weighted by Gasteiger charge is 2.29. The molecular formula is C23H31ClN2O2. The number of halogens is 1. The number of ether oxygens (including phenoxy) is 1. The third-order valence-corrected chi connectivity index (χ3v) is 5.41. The van der Waals surface area contributed by atoms with Crippen LogP contribution < -0.4 is 10.1 Å². The van der Waals surface area contributed by atoms with Gasteiger partial charge >= 0.3 is 0 Å². The van der Waals surface area contributed by atoms with Crippen LogP contribution in [-0.4, -0.2) is 37.0 Å². The molecule has 1 N–H and O–H groups in total. The van der Waals surface area contributed by atoms with Gasteiger partial charge in [0.05, 0.1) is 7.11 Å². The molecule has 0 radical (unpaired) electrons. The summed E-state index contributed by atoms with van der Waals surface area (Å²) in [7, 11) is 1.70. The first kappa shape index (κ1) is 22.3. The average Bonchev–Trinajstić information content (AvgIpc) is 2.73. The summed E-state index contributed by atoms with van der Waals surface area (Å²) >= 11 is 0. The zero-order valence-electron chi connectivity index (χ0n) is 16.8. The highest BCUT2D eigenvalue weighted by atomic mass is 35.5. The Morgan fingerprint density at radius 1 is 1.11 bits per heavy atom. The van der Waals surface area contributed by atoms with E-state index in [1.54, 1.807) is 7.11 Å². The molecule has 0 aromatic heterocycles. The van der Waals surface area contributed by atoms with Crippen LogP contribution in [0, 0.1) is 5.92 Å². The smallest absolute Gasteiger partial charge is 0.226 e. The maximum atomic E-state index is 13.4. The second-order valence-corrected chi connectivity index (χ2v) is 7.34. The molecule has 0 aliphatic carbocycles. The number of nitrogens with zero attached hydrogens (tertiary/aromatic N) is 1. The standard InChI is InChI=1S/C23H30N2O2.ClH/c1-18(16-21-10-6-7-11-22(21)27-2)25(17-19-8-4-3-5-9-19)23(26)20-12-14-24-15-13-20;/h3-11,18,20,24H,12-17H2,1-2H3;1H. The largest absolute Gasteiger partial charge is 0.496 e. The summed E-state index contributed by atoms with van der Waals surface area (Å²) < 4.78 is 5.51. The average molecular weight is 403 g/mol. The van der Waals surface area contributed by atoms with Crippen molar-refractivity contribution in [1.29, 1.82) is 0 Å². The van der Waals surface area contributed by atoms with Crippen LogP contribution >= 0.6 is 12.4 Å². The fourth-order valence-corrected chi connectivity index (χ4v) is 3.83. The third kappa shape index (κ3) is 5.73. The minimum Gasteiger partial charge on any atom is -0.496 e. The van der Waals surface area contributed by atoms with E-state index in [2.05, 4.69) is 35.3 Å². The van der Waals surface area contributed by atoms with Gasteiger partial charge in [0.25, 0.3) is 0 Å². The topological polar surface area (TPSA) is 41.6 Å². The number of para-hydroxylation sites is 1. The van der Waals surface area contributed by atoms with Gasteiger partial charge in [0, 0.05) is 18.5 Å². The molecule has 28 heavy (non-hydrogen) atoms. The predicted octanol–water partition coefficient (Wildman–Crippen LogP) is 4.08. The second kappa shape index (κ2) is 11.1. The Kier molecular flexibility index (Phi) is 8.81. The lowest BCUT2D eigenvalue weighted by atomic mass is 9.94. The number of rotatable bonds is 7. The van der Waals surface area contributed by atoms with E-state index in [1.807, 2.05) is 36.4 Å². The summed E-state index contributed by atoms with van der Waals surface area (Å²) in [6.45, 7) is 4.65. The van der Waals surface area contributed by atoms with Crippen molar-refractivity contribution >= 4 is 18.3 Å². The van der Waals surface area contributed by atoms with Crippen LogP contribution in [-0.2, 0) is 17.8 Å². The van der Waals surface area contributed by atoms with Gasteiger partial charge in [-0.05, 0) is 56.5 Å². The molecule has 2 aromatic rings. The normalized spacial score (nSPS) is 15.4. The summed E-state index contributed by atoms with van der Waals surface area (Å²) in [6, 6.07) is 18.5. The van der Waals surface area contributed by atoms with Crippen LogP contribution in [0.1, 0.15) is 30.9 Å². The van der Waals surface area contributed by atoms with Crippen LogP contribution in [0.5, 0.6) is 5.75 Å². The van der Waals surface area contributed by atoms with Crippen molar-refractivity contribution in [2.75, 3.05) is 20.2 Å². The van der Waals surface area contributed by atoms with E-state index in [4.69, 9.17) is 4.74 Å². The van der Waals surface area contributed by atoms with Crippen LogP contribution in [0.3, 0.4) is 0 Å². The Bertz CT molecular complexity index is 732. The van der Waals surface area contributed by atoms with Gasteiger partial charge in [0.15, 0.2) is 0 Å². The number of hydrogen-bond acceptors (Lipinski definition) is 3. The van der Waals surface area contributed by atoms with Gasteiger partial charge in [-0.15, -0.1) is 12.4 Å². The first-order chi connectivity index (χ1) is 13.2. The van der Waals surface area contributed by atoms with Crippen LogP contribution in [0.2, 0.25) is 0 Å². The van der Waals surface area contributed by atoms with E-state index in [0.29, 0.717) is 6.54 Å². The first-order valence-electron chi connectivity index (χ1n) is 9.86. The van der Waals surface area contributed by atoms with E-state index in [1.165, 1.54) is 5.56 Å². The molecule has 4 nitrogen and oxygen atoms in total. The quantitative estimate of drug-likeness (QED) is 0.758. The maximum Gasteiger partial charge on any atom is 0.226 e. The molecule has 0 saturated carbocycles. The van der Waals surface area contributed by atoms with E-state index in [9.17, 15) is 4.79 Å². The number of nitrogens with one attached hydrogen (secondary N) is 1. The molecule has 1 amide bonds. The molecule has 1 aliphatic rings. The molecule has 0 spiro atoms. The van der Waals surface area contributed by atoms with Crippen molar-refractivity contribution in [3.8, 4) is 5.75 Å². The summed E-state index contributed by atoms with van der Waals surface area (Å²) in [5.41, 5.74) is 2.32. The van der Waals surface area contributed by atoms with Crippen molar-refractivity contribution in [1.82, 2.24) is 10.2 Å². The fraction of sp³-hybridized carbons (Fsp3) is 0.435. The molecule has 2 aromatic carbocycles. The summed E-state index contributed by atoms with van der Waals surface area (Å²) in [5, 5.41) is 3.36. The zero-order valence-corrected chi connectivity index (χ0v) is 17.6. The number of carbonyl (C=O) groups is 1. The molecule has 1 unspecified atom stereocenters. The van der Waals surface area contributed by atoms with E-state index in [0.717, 1.165) is 43.7 Å². The number of benzene rings is 2. The lowest BCUT2D eigenvalue weighted by Crippen LogP contribution is -2.45. The number of hydrogen-bond donors (Lipinski definition) is 1. The molecule has 152 valence electrons. The van der Waals surface area contributed by atoms with E-state index >= 15 is 0 Å². The lowest BCUT2D eigenvalue weighted by Gasteiger charge is -2.34. The summed E-state index contributed by atoms with van der Waals surface area (Å²) in [5.74, 6) is 1.29. The van der Waals surface area contributed by atoms with Gasteiger partial charge in [-0.2, -0.15) is 0 Å². The van der Waals surface area contributed by atoms with Crippen molar-refractivity contribution in [2.24, 2.45) is 5.92 Å². The van der Waals surface area contributed by atoms with E-state index in [-0.39, 0.29) is 30.3 Å². The Labute approximate surface area is 174 Å². The Morgan fingerprint density at radius 2 is 1.75 bits per heavy atom. The molecule has 1 heterocycles. The number of amides is 1. The first-order valence-corrected chi connectivity index (χ1v) is 9.86. The van der Waals surface area contributed by atoms with Crippen molar-refractivity contribution in [2.45, 2.75) is 38.8 Å². The minimum absolute atomic E-state index is 0. The molecule has 1 saturated heterocycles. The number of carbonyl (C=O) groups excluding carboxylic acids is 1. The molecule has 5 heteroatoms. The van der Waals surface area contributed by atoms with Crippen molar-refractivity contribution in [3.05, 3.63) is 65.7 Å². The van der Waals surface area contributed by atoms with Gasteiger partial charge in [0.1, 0.15) is 5.75 Å². The van der Waals surface area contributed by atoms with Crippen LogP contribution in [0.15, 0.2) is 54.6 Å². The lowest BCUT2D eigenvalue weighted by molar-refractivity contribution is -0.139. The Hall–Kier alpha value is -2.04. The number of methoxy groups -OCH3 is 1. The van der Waals surface area contributed by atoms with Crippen molar-refractivity contribution < 1.29 is 9.53 Å². The summed E-state index contributed by atoms with van der Waals surface area (Å²) in [4.78, 5) is 15.4. The summed E-state index contributed by atoms with van der Waals surface area (Å²) in [6.07, 6.45) is 2.63. The molecule has 0 bridgehead atoms. The van der Waals surface area contributed by atoms with Gasteiger partial charge in [-0.3, -0.25) is 4.79 Å².